The summed E-state index contributed by atoms with van der Waals surface area (Å²) in [6, 6.07) is 6.75. The molecule has 1 aromatic carbocycles. The van der Waals surface area contributed by atoms with Gasteiger partial charge in [-0.15, -0.1) is 0 Å². The van der Waals surface area contributed by atoms with Crippen molar-refractivity contribution in [2.45, 2.75) is 12.5 Å². The second kappa shape index (κ2) is 5.81. The predicted molar refractivity (Wildman–Crippen MR) is 65.4 cm³/mol. The molecule has 5 nitrogen and oxygen atoms in total. The number of amides is 2. The number of rotatable bonds is 5. The van der Waals surface area contributed by atoms with Crippen LogP contribution in [0.3, 0.4) is 0 Å². The molecular formula is C12H15N3O2. The van der Waals surface area contributed by atoms with E-state index in [9.17, 15) is 9.59 Å². The van der Waals surface area contributed by atoms with E-state index >= 15 is 0 Å². The van der Waals surface area contributed by atoms with Gasteiger partial charge in [-0.2, -0.15) is 0 Å². The summed E-state index contributed by atoms with van der Waals surface area (Å²) in [4.78, 5) is 21.2. The fourth-order valence-electron chi connectivity index (χ4n) is 1.37. The molecule has 5 heteroatoms. The SMILES string of the molecule is NC(=O)/C=C/c1ccc(C(N)CC(N)=O)cc1. The lowest BCUT2D eigenvalue weighted by Crippen LogP contribution is -2.20. The molecule has 17 heavy (non-hydrogen) atoms. The third-order valence-electron chi connectivity index (χ3n) is 2.23. The smallest absolute Gasteiger partial charge is 0.241 e. The molecule has 0 spiro atoms. The van der Waals surface area contributed by atoms with Crippen LogP contribution in [0.4, 0.5) is 0 Å². The Balaban J connectivity index is 2.74. The molecule has 0 bridgehead atoms. The molecule has 0 aliphatic carbocycles. The van der Waals surface area contributed by atoms with E-state index in [0.717, 1.165) is 11.1 Å². The van der Waals surface area contributed by atoms with Gasteiger partial charge in [0.05, 0.1) is 0 Å². The third-order valence-corrected chi connectivity index (χ3v) is 2.23. The van der Waals surface area contributed by atoms with E-state index in [4.69, 9.17) is 17.2 Å². The van der Waals surface area contributed by atoms with Gasteiger partial charge in [-0.05, 0) is 17.2 Å². The van der Waals surface area contributed by atoms with Crippen LogP contribution in [0.15, 0.2) is 30.3 Å². The lowest BCUT2D eigenvalue weighted by molar-refractivity contribution is -0.118. The summed E-state index contributed by atoms with van der Waals surface area (Å²) in [5, 5.41) is 0. The van der Waals surface area contributed by atoms with Gasteiger partial charge in [0.25, 0.3) is 0 Å². The topological polar surface area (TPSA) is 112 Å². The van der Waals surface area contributed by atoms with E-state index in [2.05, 4.69) is 0 Å². The first-order valence-electron chi connectivity index (χ1n) is 5.10. The molecule has 0 heterocycles. The molecule has 2 amide bonds. The maximum Gasteiger partial charge on any atom is 0.241 e. The van der Waals surface area contributed by atoms with Crippen LogP contribution in [-0.4, -0.2) is 11.8 Å². The van der Waals surface area contributed by atoms with Gasteiger partial charge in [0.2, 0.25) is 11.8 Å². The number of carbonyl (C=O) groups is 2. The van der Waals surface area contributed by atoms with Crippen molar-refractivity contribution in [2.75, 3.05) is 0 Å². The van der Waals surface area contributed by atoms with Crippen LogP contribution in [-0.2, 0) is 9.59 Å². The van der Waals surface area contributed by atoms with Crippen molar-refractivity contribution in [2.24, 2.45) is 17.2 Å². The van der Waals surface area contributed by atoms with Gasteiger partial charge in [0.15, 0.2) is 0 Å². The van der Waals surface area contributed by atoms with Gasteiger partial charge in [-0.25, -0.2) is 0 Å². The van der Waals surface area contributed by atoms with Crippen molar-refractivity contribution < 1.29 is 9.59 Å². The summed E-state index contributed by atoms with van der Waals surface area (Å²) in [6.07, 6.45) is 2.99. The molecule has 0 fully saturated rings. The monoisotopic (exact) mass is 233 g/mol. The zero-order valence-corrected chi connectivity index (χ0v) is 9.30. The molecule has 1 aromatic rings. The zero-order valence-electron chi connectivity index (χ0n) is 9.30. The largest absolute Gasteiger partial charge is 0.370 e. The quantitative estimate of drug-likeness (QED) is 0.625. The van der Waals surface area contributed by atoms with E-state index in [-0.39, 0.29) is 6.42 Å². The van der Waals surface area contributed by atoms with Crippen molar-refractivity contribution in [3.8, 4) is 0 Å². The lowest BCUT2D eigenvalue weighted by atomic mass is 10.0. The Morgan fingerprint density at radius 2 is 1.76 bits per heavy atom. The first-order chi connectivity index (χ1) is 7.99. The highest BCUT2D eigenvalue weighted by Gasteiger charge is 2.08. The van der Waals surface area contributed by atoms with E-state index in [0.29, 0.717) is 0 Å². The highest BCUT2D eigenvalue weighted by atomic mass is 16.1. The Morgan fingerprint density at radius 1 is 1.18 bits per heavy atom. The Hall–Kier alpha value is -2.14. The minimum Gasteiger partial charge on any atom is -0.370 e. The van der Waals surface area contributed by atoms with Gasteiger partial charge >= 0.3 is 0 Å². The molecule has 1 unspecified atom stereocenters. The minimum absolute atomic E-state index is 0.108. The van der Waals surface area contributed by atoms with Crippen LogP contribution >= 0.6 is 0 Å². The van der Waals surface area contributed by atoms with Crippen molar-refractivity contribution in [1.82, 2.24) is 0 Å². The lowest BCUT2D eigenvalue weighted by Gasteiger charge is -2.09. The number of nitrogens with two attached hydrogens (primary N) is 3. The van der Waals surface area contributed by atoms with Crippen molar-refractivity contribution in [1.29, 1.82) is 0 Å². The molecule has 0 saturated heterocycles. The standard InChI is InChI=1S/C12H15N3O2/c13-10(7-12(15)17)9-4-1-8(2-5-9)3-6-11(14)16/h1-6,10H,7,13H2,(H2,14,16)(H2,15,17)/b6-3+. The maximum absolute atomic E-state index is 10.7. The van der Waals surface area contributed by atoms with Gasteiger partial charge in [0, 0.05) is 18.5 Å². The third kappa shape index (κ3) is 4.48. The van der Waals surface area contributed by atoms with Crippen LogP contribution in [0.2, 0.25) is 0 Å². The minimum atomic E-state index is -0.500. The first kappa shape index (κ1) is 12.9. The van der Waals surface area contributed by atoms with Crippen LogP contribution in [0.1, 0.15) is 23.6 Å². The Morgan fingerprint density at radius 3 is 2.24 bits per heavy atom. The molecule has 90 valence electrons. The van der Waals surface area contributed by atoms with Crippen molar-refractivity contribution >= 4 is 17.9 Å². The molecule has 0 aromatic heterocycles. The number of carbonyl (C=O) groups excluding carboxylic acids is 2. The van der Waals surface area contributed by atoms with Crippen LogP contribution in [0.5, 0.6) is 0 Å². The summed E-state index contributed by atoms with van der Waals surface area (Å²) in [7, 11) is 0. The van der Waals surface area contributed by atoms with E-state index < -0.39 is 17.9 Å². The molecule has 1 rings (SSSR count). The Labute approximate surface area is 99.3 Å². The van der Waals surface area contributed by atoms with Crippen molar-refractivity contribution in [3.05, 3.63) is 41.5 Å². The molecule has 6 N–H and O–H groups in total. The fraction of sp³-hybridized carbons (Fsp3) is 0.167. The summed E-state index contributed by atoms with van der Waals surface area (Å²) in [6.45, 7) is 0. The average molecular weight is 233 g/mol. The van der Waals surface area contributed by atoms with Crippen LogP contribution in [0.25, 0.3) is 6.08 Å². The molecule has 0 radical (unpaired) electrons. The molecule has 0 aliphatic rings. The van der Waals surface area contributed by atoms with E-state index in [1.807, 2.05) is 0 Å². The van der Waals surface area contributed by atoms with Crippen molar-refractivity contribution in [3.63, 3.8) is 0 Å². The maximum atomic E-state index is 10.7. The summed E-state index contributed by atoms with van der Waals surface area (Å²) >= 11 is 0. The highest BCUT2D eigenvalue weighted by Crippen LogP contribution is 2.15. The second-order valence-electron chi connectivity index (χ2n) is 3.68. The number of benzene rings is 1. The summed E-state index contributed by atoms with van der Waals surface area (Å²) < 4.78 is 0. The average Bonchev–Trinajstić information content (AvgIpc) is 2.26. The highest BCUT2D eigenvalue weighted by molar-refractivity contribution is 5.90. The van der Waals surface area contributed by atoms with Crippen LogP contribution < -0.4 is 17.2 Å². The van der Waals surface area contributed by atoms with Gasteiger partial charge in [-0.1, -0.05) is 24.3 Å². The zero-order chi connectivity index (χ0) is 12.8. The fourth-order valence-corrected chi connectivity index (χ4v) is 1.37. The Kier molecular flexibility index (Phi) is 4.42. The van der Waals surface area contributed by atoms with E-state index in [1.54, 1.807) is 30.3 Å². The summed E-state index contributed by atoms with van der Waals surface area (Å²) in [5.74, 6) is -0.935. The molecule has 1 atom stereocenters. The van der Waals surface area contributed by atoms with Gasteiger partial charge < -0.3 is 17.2 Å². The van der Waals surface area contributed by atoms with E-state index in [1.165, 1.54) is 6.08 Å². The number of hydrogen-bond acceptors (Lipinski definition) is 3. The predicted octanol–water partition coefficient (Wildman–Crippen LogP) is 0.0603. The normalized spacial score (nSPS) is 12.5. The molecule has 0 aliphatic heterocycles. The Bertz CT molecular complexity index is 438. The summed E-state index contributed by atoms with van der Waals surface area (Å²) in [5.41, 5.74) is 17.5. The van der Waals surface area contributed by atoms with Gasteiger partial charge in [-0.3, -0.25) is 9.59 Å². The van der Waals surface area contributed by atoms with Crippen LogP contribution in [0, 0.1) is 0 Å². The second-order valence-corrected chi connectivity index (χ2v) is 3.68. The van der Waals surface area contributed by atoms with Gasteiger partial charge in [0.1, 0.15) is 0 Å². The molecular weight excluding hydrogens is 218 g/mol. The number of primary amides is 2. The molecule has 0 saturated carbocycles. The first-order valence-corrected chi connectivity index (χ1v) is 5.10. The number of hydrogen-bond donors (Lipinski definition) is 3.